The van der Waals surface area contributed by atoms with Crippen LogP contribution in [-0.2, 0) is 0 Å². The van der Waals surface area contributed by atoms with Crippen LogP contribution in [0.1, 0.15) is 62.1 Å². The predicted molar refractivity (Wildman–Crippen MR) is 90.5 cm³/mol. The molecule has 126 valence electrons. The van der Waals surface area contributed by atoms with E-state index < -0.39 is 0 Å². The maximum atomic E-state index is 12.6. The average molecular weight is 318 g/mol. The van der Waals surface area contributed by atoms with E-state index in [1.165, 1.54) is 0 Å². The second-order valence-electron chi connectivity index (χ2n) is 5.99. The fourth-order valence-electron chi connectivity index (χ4n) is 2.62. The Balaban J connectivity index is 2.40. The van der Waals surface area contributed by atoms with Crippen molar-refractivity contribution in [2.24, 2.45) is 0 Å². The minimum Gasteiger partial charge on any atom is -0.396 e. The molecule has 0 aromatic carbocycles. The molecule has 0 saturated carbocycles. The van der Waals surface area contributed by atoms with Crippen molar-refractivity contribution >= 4 is 16.9 Å². The van der Waals surface area contributed by atoms with E-state index in [0.29, 0.717) is 12.0 Å². The minimum atomic E-state index is -0.135. The highest BCUT2D eigenvalue weighted by atomic mass is 16.3. The standard InChI is InChI=1S/C17H26N4O2/c1-5-12(4)21-16-15(10-18-21)14(9-11(3)19-16)17(23)20-13(6-2)7-8-22/h9-10,12-13,22H,5-8H2,1-4H3,(H,20,23). The maximum absolute atomic E-state index is 12.6. The molecule has 2 N–H and O–H groups in total. The van der Waals surface area contributed by atoms with E-state index >= 15 is 0 Å². The fraction of sp³-hybridized carbons (Fsp3) is 0.588. The van der Waals surface area contributed by atoms with Crippen LogP contribution >= 0.6 is 0 Å². The number of aliphatic hydroxyl groups is 1. The van der Waals surface area contributed by atoms with Gasteiger partial charge in [-0.3, -0.25) is 4.79 Å². The largest absolute Gasteiger partial charge is 0.396 e. The van der Waals surface area contributed by atoms with Gasteiger partial charge in [-0.2, -0.15) is 5.10 Å². The molecule has 0 radical (unpaired) electrons. The van der Waals surface area contributed by atoms with Crippen LogP contribution in [-0.4, -0.2) is 38.4 Å². The van der Waals surface area contributed by atoms with Gasteiger partial charge in [0, 0.05) is 18.3 Å². The molecule has 0 aliphatic carbocycles. The van der Waals surface area contributed by atoms with Crippen LogP contribution in [0.2, 0.25) is 0 Å². The summed E-state index contributed by atoms with van der Waals surface area (Å²) < 4.78 is 1.88. The number of aromatic nitrogens is 3. The average Bonchev–Trinajstić information content (AvgIpc) is 2.96. The van der Waals surface area contributed by atoms with Gasteiger partial charge in [-0.25, -0.2) is 9.67 Å². The Bertz CT molecular complexity index is 681. The topological polar surface area (TPSA) is 80.0 Å². The van der Waals surface area contributed by atoms with Crippen molar-refractivity contribution in [1.29, 1.82) is 0 Å². The van der Waals surface area contributed by atoms with Gasteiger partial charge in [0.1, 0.15) is 0 Å². The first-order valence-corrected chi connectivity index (χ1v) is 8.28. The highest BCUT2D eigenvalue weighted by Gasteiger charge is 2.19. The summed E-state index contributed by atoms with van der Waals surface area (Å²) in [5, 5.41) is 17.3. The highest BCUT2D eigenvalue weighted by molar-refractivity contribution is 6.05. The summed E-state index contributed by atoms with van der Waals surface area (Å²) in [5.74, 6) is -0.135. The van der Waals surface area contributed by atoms with Gasteiger partial charge in [-0.15, -0.1) is 0 Å². The van der Waals surface area contributed by atoms with Crippen LogP contribution in [0.5, 0.6) is 0 Å². The summed E-state index contributed by atoms with van der Waals surface area (Å²) in [6.45, 7) is 8.13. The lowest BCUT2D eigenvalue weighted by atomic mass is 10.1. The molecule has 6 nitrogen and oxygen atoms in total. The molecule has 2 aromatic rings. The molecule has 2 atom stereocenters. The second kappa shape index (κ2) is 7.55. The number of carbonyl (C=O) groups excluding carboxylic acids is 1. The first-order chi connectivity index (χ1) is 11.0. The predicted octanol–water partition coefficient (Wildman–Crippen LogP) is 2.60. The Kier molecular flexibility index (Phi) is 5.71. The summed E-state index contributed by atoms with van der Waals surface area (Å²) in [5.41, 5.74) is 2.14. The number of amides is 1. The van der Waals surface area contributed by atoms with Gasteiger partial charge in [0.15, 0.2) is 5.65 Å². The van der Waals surface area contributed by atoms with Crippen LogP contribution in [0, 0.1) is 6.92 Å². The Morgan fingerprint density at radius 2 is 2.13 bits per heavy atom. The Labute approximate surface area is 136 Å². The van der Waals surface area contributed by atoms with E-state index in [2.05, 4.69) is 29.2 Å². The zero-order valence-electron chi connectivity index (χ0n) is 14.3. The number of aryl methyl sites for hydroxylation is 1. The molecular weight excluding hydrogens is 292 g/mol. The smallest absolute Gasteiger partial charge is 0.252 e. The number of hydrogen-bond donors (Lipinski definition) is 2. The van der Waals surface area contributed by atoms with Gasteiger partial charge < -0.3 is 10.4 Å². The van der Waals surface area contributed by atoms with Crippen LogP contribution < -0.4 is 5.32 Å². The zero-order valence-corrected chi connectivity index (χ0v) is 14.3. The zero-order chi connectivity index (χ0) is 17.0. The van der Waals surface area contributed by atoms with Crippen molar-refractivity contribution in [2.45, 2.75) is 59.0 Å². The molecule has 0 fully saturated rings. The number of rotatable bonds is 7. The Morgan fingerprint density at radius 3 is 2.74 bits per heavy atom. The Hall–Kier alpha value is -1.95. The minimum absolute atomic E-state index is 0.0272. The van der Waals surface area contributed by atoms with Crippen LogP contribution in [0.15, 0.2) is 12.3 Å². The lowest BCUT2D eigenvalue weighted by Crippen LogP contribution is -2.35. The molecule has 0 spiro atoms. The van der Waals surface area contributed by atoms with E-state index in [1.807, 2.05) is 18.5 Å². The van der Waals surface area contributed by atoms with E-state index in [9.17, 15) is 4.79 Å². The molecule has 0 bridgehead atoms. The van der Waals surface area contributed by atoms with E-state index in [-0.39, 0.29) is 24.6 Å². The summed E-state index contributed by atoms with van der Waals surface area (Å²) in [7, 11) is 0. The third kappa shape index (κ3) is 3.69. The van der Waals surface area contributed by atoms with Crippen LogP contribution in [0.25, 0.3) is 11.0 Å². The number of hydrogen-bond acceptors (Lipinski definition) is 4. The quantitative estimate of drug-likeness (QED) is 0.822. The van der Waals surface area contributed by atoms with Crippen molar-refractivity contribution in [3.8, 4) is 0 Å². The van der Waals surface area contributed by atoms with Gasteiger partial charge in [0.2, 0.25) is 0 Å². The van der Waals surface area contributed by atoms with Crippen molar-refractivity contribution < 1.29 is 9.90 Å². The third-order valence-corrected chi connectivity index (χ3v) is 4.25. The number of pyridine rings is 1. The molecule has 6 heteroatoms. The van der Waals surface area contributed by atoms with Crippen LogP contribution in [0.3, 0.4) is 0 Å². The molecule has 2 rings (SSSR count). The molecule has 2 heterocycles. The van der Waals surface area contributed by atoms with E-state index in [1.54, 1.807) is 12.3 Å². The summed E-state index contributed by atoms with van der Waals surface area (Å²) in [4.78, 5) is 17.2. The fourth-order valence-corrected chi connectivity index (χ4v) is 2.62. The van der Waals surface area contributed by atoms with Crippen LogP contribution in [0.4, 0.5) is 0 Å². The number of carbonyl (C=O) groups is 1. The van der Waals surface area contributed by atoms with Crippen molar-refractivity contribution in [3.05, 3.63) is 23.5 Å². The van der Waals surface area contributed by atoms with Gasteiger partial charge in [0.05, 0.1) is 23.2 Å². The number of nitrogens with one attached hydrogen (secondary N) is 1. The SMILES string of the molecule is CCC(CCO)NC(=O)c1cc(C)nc2c1cnn2C(C)CC. The van der Waals surface area contributed by atoms with Gasteiger partial charge in [-0.1, -0.05) is 13.8 Å². The summed E-state index contributed by atoms with van der Waals surface area (Å²) >= 11 is 0. The monoisotopic (exact) mass is 318 g/mol. The normalized spacial score (nSPS) is 14.0. The lowest BCUT2D eigenvalue weighted by Gasteiger charge is -2.16. The van der Waals surface area contributed by atoms with Crippen molar-refractivity contribution in [3.63, 3.8) is 0 Å². The maximum Gasteiger partial charge on any atom is 0.252 e. The third-order valence-electron chi connectivity index (χ3n) is 4.25. The number of fused-ring (bicyclic) bond motifs is 1. The molecule has 0 aliphatic rings. The molecule has 0 aliphatic heterocycles. The summed E-state index contributed by atoms with van der Waals surface area (Å²) in [6, 6.07) is 2.00. The molecule has 2 aromatic heterocycles. The first-order valence-electron chi connectivity index (χ1n) is 8.28. The van der Waals surface area contributed by atoms with Gasteiger partial charge in [-0.05, 0) is 39.2 Å². The number of aliphatic hydroxyl groups excluding tert-OH is 1. The molecule has 1 amide bonds. The second-order valence-corrected chi connectivity index (χ2v) is 5.99. The number of nitrogens with zero attached hydrogens (tertiary/aromatic N) is 3. The lowest BCUT2D eigenvalue weighted by molar-refractivity contribution is 0.0930. The van der Waals surface area contributed by atoms with Gasteiger partial charge in [0.25, 0.3) is 5.91 Å². The Morgan fingerprint density at radius 1 is 1.39 bits per heavy atom. The van der Waals surface area contributed by atoms with E-state index in [0.717, 1.165) is 29.6 Å². The first kappa shape index (κ1) is 17.4. The van der Waals surface area contributed by atoms with Gasteiger partial charge >= 0.3 is 0 Å². The molecule has 23 heavy (non-hydrogen) atoms. The molecule has 2 unspecified atom stereocenters. The highest BCUT2D eigenvalue weighted by Crippen LogP contribution is 2.22. The summed E-state index contributed by atoms with van der Waals surface area (Å²) in [6.07, 6.45) is 4.01. The molecule has 0 saturated heterocycles. The van der Waals surface area contributed by atoms with Crippen molar-refractivity contribution in [2.75, 3.05) is 6.61 Å². The van der Waals surface area contributed by atoms with E-state index in [4.69, 9.17) is 5.11 Å². The van der Waals surface area contributed by atoms with Crippen molar-refractivity contribution in [1.82, 2.24) is 20.1 Å². The molecular formula is C17H26N4O2.